The zero-order chi connectivity index (χ0) is 12.3. The number of nitrogens with one attached hydrogen (secondary N) is 1. The van der Waals surface area contributed by atoms with Crippen LogP contribution < -0.4 is 5.32 Å². The van der Waals surface area contributed by atoms with Crippen molar-refractivity contribution >= 4 is 21.6 Å². The van der Waals surface area contributed by atoms with Crippen LogP contribution in [0.2, 0.25) is 0 Å². The van der Waals surface area contributed by atoms with E-state index in [9.17, 15) is 10.2 Å². The largest absolute Gasteiger partial charge is 0.507 e. The molecule has 88 valence electrons. The summed E-state index contributed by atoms with van der Waals surface area (Å²) in [5.74, 6) is 0.446. The summed E-state index contributed by atoms with van der Waals surface area (Å²) in [7, 11) is 0. The van der Waals surface area contributed by atoms with Crippen LogP contribution in [0.25, 0.3) is 0 Å². The Morgan fingerprint density at radius 2 is 1.76 bits per heavy atom. The molecule has 2 aromatic carbocycles. The predicted molar refractivity (Wildman–Crippen MR) is 71.2 cm³/mol. The zero-order valence-corrected chi connectivity index (χ0v) is 10.6. The van der Waals surface area contributed by atoms with Gasteiger partial charge in [-0.1, -0.05) is 18.2 Å². The van der Waals surface area contributed by atoms with E-state index in [1.807, 2.05) is 24.3 Å². The molecular weight excluding hydrogens is 282 g/mol. The summed E-state index contributed by atoms with van der Waals surface area (Å²) in [6.45, 7) is 0.580. The highest BCUT2D eigenvalue weighted by Crippen LogP contribution is 2.26. The molecule has 0 heterocycles. The molecule has 2 aromatic rings. The van der Waals surface area contributed by atoms with Gasteiger partial charge in [0, 0.05) is 6.54 Å². The minimum atomic E-state index is 0.219. The topological polar surface area (TPSA) is 52.5 Å². The summed E-state index contributed by atoms with van der Waals surface area (Å²) < 4.78 is 0.661. The SMILES string of the molecule is Oc1ccc(CNc2ccccc2O)cc1Br. The molecule has 0 saturated carbocycles. The van der Waals surface area contributed by atoms with Crippen LogP contribution in [0.5, 0.6) is 11.5 Å². The van der Waals surface area contributed by atoms with Crippen LogP contribution in [0.4, 0.5) is 5.69 Å². The molecule has 0 unspecified atom stereocenters. The fraction of sp³-hybridized carbons (Fsp3) is 0.0769. The summed E-state index contributed by atoms with van der Waals surface area (Å²) in [4.78, 5) is 0. The third-order valence-corrected chi connectivity index (χ3v) is 3.03. The van der Waals surface area contributed by atoms with Gasteiger partial charge in [-0.3, -0.25) is 0 Å². The van der Waals surface area contributed by atoms with Crippen molar-refractivity contribution in [2.45, 2.75) is 6.54 Å². The second-order valence-corrected chi connectivity index (χ2v) is 4.51. The van der Waals surface area contributed by atoms with Gasteiger partial charge in [0.05, 0.1) is 10.2 Å². The van der Waals surface area contributed by atoms with Crippen LogP contribution in [-0.2, 0) is 6.54 Å². The van der Waals surface area contributed by atoms with E-state index < -0.39 is 0 Å². The lowest BCUT2D eigenvalue weighted by molar-refractivity contribution is 0.471. The Hall–Kier alpha value is -1.68. The van der Waals surface area contributed by atoms with Gasteiger partial charge in [-0.25, -0.2) is 0 Å². The Balaban J connectivity index is 2.08. The number of phenolic OH excluding ortho intramolecular Hbond substituents is 2. The second-order valence-electron chi connectivity index (χ2n) is 3.66. The van der Waals surface area contributed by atoms with E-state index in [4.69, 9.17) is 0 Å². The van der Waals surface area contributed by atoms with Gasteiger partial charge in [0.25, 0.3) is 0 Å². The molecule has 0 bridgehead atoms. The quantitative estimate of drug-likeness (QED) is 0.760. The smallest absolute Gasteiger partial charge is 0.138 e. The second kappa shape index (κ2) is 5.10. The highest BCUT2D eigenvalue weighted by Gasteiger charge is 2.01. The molecule has 0 aromatic heterocycles. The molecule has 0 fully saturated rings. The first-order valence-corrected chi connectivity index (χ1v) is 5.95. The van der Waals surface area contributed by atoms with Crippen molar-refractivity contribution < 1.29 is 10.2 Å². The lowest BCUT2D eigenvalue weighted by atomic mass is 10.2. The van der Waals surface area contributed by atoms with Gasteiger partial charge in [-0.05, 0) is 45.8 Å². The summed E-state index contributed by atoms with van der Waals surface area (Å²) in [6.07, 6.45) is 0. The molecule has 0 aliphatic carbocycles. The van der Waals surface area contributed by atoms with E-state index in [1.54, 1.807) is 18.2 Å². The average molecular weight is 294 g/mol. The molecule has 0 atom stereocenters. The van der Waals surface area contributed by atoms with Crippen LogP contribution in [0.15, 0.2) is 46.9 Å². The van der Waals surface area contributed by atoms with Crippen molar-refractivity contribution in [1.82, 2.24) is 0 Å². The molecule has 3 nitrogen and oxygen atoms in total. The first kappa shape index (κ1) is 11.8. The molecule has 17 heavy (non-hydrogen) atoms. The minimum absolute atomic E-state index is 0.219. The van der Waals surface area contributed by atoms with Gasteiger partial charge in [0.2, 0.25) is 0 Å². The maximum absolute atomic E-state index is 9.58. The van der Waals surface area contributed by atoms with Crippen molar-refractivity contribution in [2.75, 3.05) is 5.32 Å². The Morgan fingerprint density at radius 1 is 1.00 bits per heavy atom. The van der Waals surface area contributed by atoms with Gasteiger partial charge in [0.15, 0.2) is 0 Å². The van der Waals surface area contributed by atoms with Crippen LogP contribution in [0, 0.1) is 0 Å². The summed E-state index contributed by atoms with van der Waals surface area (Å²) in [5.41, 5.74) is 1.70. The fourth-order valence-electron chi connectivity index (χ4n) is 1.48. The van der Waals surface area contributed by atoms with Crippen LogP contribution in [0.3, 0.4) is 0 Å². The number of hydrogen-bond donors (Lipinski definition) is 3. The van der Waals surface area contributed by atoms with Crippen molar-refractivity contribution in [3.05, 3.63) is 52.5 Å². The number of rotatable bonds is 3. The number of benzene rings is 2. The molecule has 2 rings (SSSR count). The van der Waals surface area contributed by atoms with E-state index >= 15 is 0 Å². The summed E-state index contributed by atoms with van der Waals surface area (Å²) >= 11 is 3.26. The van der Waals surface area contributed by atoms with Gasteiger partial charge in [0.1, 0.15) is 11.5 Å². The molecule has 0 amide bonds. The molecule has 0 saturated heterocycles. The molecule has 3 N–H and O–H groups in total. The van der Waals surface area contributed by atoms with E-state index in [0.29, 0.717) is 16.7 Å². The van der Waals surface area contributed by atoms with Gasteiger partial charge < -0.3 is 15.5 Å². The van der Waals surface area contributed by atoms with Crippen LogP contribution >= 0.6 is 15.9 Å². The number of para-hydroxylation sites is 2. The standard InChI is InChI=1S/C13H12BrNO2/c14-10-7-9(5-6-12(10)16)8-15-11-3-1-2-4-13(11)17/h1-7,15-17H,8H2. The van der Waals surface area contributed by atoms with E-state index in [1.165, 1.54) is 0 Å². The number of hydrogen-bond acceptors (Lipinski definition) is 3. The summed E-state index contributed by atoms with van der Waals surface area (Å²) in [5, 5.41) is 22.1. The number of anilines is 1. The molecular formula is C13H12BrNO2. The van der Waals surface area contributed by atoms with Crippen molar-refractivity contribution in [3.8, 4) is 11.5 Å². The van der Waals surface area contributed by atoms with Crippen LogP contribution in [0.1, 0.15) is 5.56 Å². The molecule has 0 spiro atoms. The number of aromatic hydroxyl groups is 2. The van der Waals surface area contributed by atoms with Gasteiger partial charge in [-0.15, -0.1) is 0 Å². The maximum Gasteiger partial charge on any atom is 0.138 e. The molecule has 0 aliphatic heterocycles. The van der Waals surface area contributed by atoms with E-state index in [0.717, 1.165) is 5.56 Å². The average Bonchev–Trinajstić information content (AvgIpc) is 2.32. The Kier molecular flexibility index (Phi) is 3.54. The Morgan fingerprint density at radius 3 is 2.47 bits per heavy atom. The molecule has 4 heteroatoms. The minimum Gasteiger partial charge on any atom is -0.507 e. The van der Waals surface area contributed by atoms with Gasteiger partial charge >= 0.3 is 0 Å². The fourth-order valence-corrected chi connectivity index (χ4v) is 1.91. The Labute approximate surface area is 108 Å². The molecule has 0 aliphatic rings. The Bertz CT molecular complexity index is 529. The number of phenols is 2. The highest BCUT2D eigenvalue weighted by atomic mass is 79.9. The normalized spacial score (nSPS) is 10.2. The monoisotopic (exact) mass is 293 g/mol. The van der Waals surface area contributed by atoms with Crippen molar-refractivity contribution in [3.63, 3.8) is 0 Å². The first-order valence-electron chi connectivity index (χ1n) is 5.16. The first-order chi connectivity index (χ1) is 8.16. The third kappa shape index (κ3) is 2.91. The van der Waals surface area contributed by atoms with Gasteiger partial charge in [-0.2, -0.15) is 0 Å². The zero-order valence-electron chi connectivity index (χ0n) is 9.02. The highest BCUT2D eigenvalue weighted by molar-refractivity contribution is 9.10. The van der Waals surface area contributed by atoms with E-state index in [2.05, 4.69) is 21.2 Å². The maximum atomic E-state index is 9.58. The predicted octanol–water partition coefficient (Wildman–Crippen LogP) is 3.47. The third-order valence-electron chi connectivity index (χ3n) is 2.40. The number of halogens is 1. The molecule has 0 radical (unpaired) electrons. The summed E-state index contributed by atoms with van der Waals surface area (Å²) in [6, 6.07) is 12.4. The lowest BCUT2D eigenvalue weighted by Crippen LogP contribution is -1.99. The lowest BCUT2D eigenvalue weighted by Gasteiger charge is -2.08. The van der Waals surface area contributed by atoms with Crippen molar-refractivity contribution in [1.29, 1.82) is 0 Å². The van der Waals surface area contributed by atoms with E-state index in [-0.39, 0.29) is 11.5 Å². The van der Waals surface area contributed by atoms with Crippen LogP contribution in [-0.4, -0.2) is 10.2 Å². The van der Waals surface area contributed by atoms with Crippen molar-refractivity contribution in [2.24, 2.45) is 0 Å².